The van der Waals surface area contributed by atoms with Crippen molar-refractivity contribution in [3.63, 3.8) is 0 Å². The van der Waals surface area contributed by atoms with Crippen LogP contribution in [-0.2, 0) is 16.1 Å². The second-order valence-corrected chi connectivity index (χ2v) is 11.9. The Morgan fingerprint density at radius 1 is 1.09 bits per heavy atom. The van der Waals surface area contributed by atoms with Crippen LogP contribution in [0.15, 0.2) is 24.3 Å². The van der Waals surface area contributed by atoms with Gasteiger partial charge in [-0.15, -0.1) is 0 Å². The summed E-state index contributed by atoms with van der Waals surface area (Å²) in [6, 6.07) is 6.22. The van der Waals surface area contributed by atoms with Gasteiger partial charge in [0.2, 0.25) is 11.8 Å². The van der Waals surface area contributed by atoms with Crippen LogP contribution in [0.25, 0.3) is 0 Å². The van der Waals surface area contributed by atoms with E-state index in [1.54, 1.807) is 12.1 Å². The summed E-state index contributed by atoms with van der Waals surface area (Å²) in [6.07, 6.45) is 8.67. The van der Waals surface area contributed by atoms with E-state index >= 15 is 0 Å². The number of carbonyl (C=O) groups is 2. The van der Waals surface area contributed by atoms with Gasteiger partial charge in [-0.3, -0.25) is 9.59 Å². The minimum absolute atomic E-state index is 0.0334. The quantitative estimate of drug-likeness (QED) is 0.531. The molecule has 2 amide bonds. The molecule has 4 rings (SSSR count). The van der Waals surface area contributed by atoms with Crippen LogP contribution in [0.2, 0.25) is 0 Å². The number of rotatable bonds is 6. The van der Waals surface area contributed by atoms with Gasteiger partial charge in [-0.2, -0.15) is 0 Å². The first-order chi connectivity index (χ1) is 16.7. The Balaban J connectivity index is 1.38. The smallest absolute Gasteiger partial charge is 0.223 e. The van der Waals surface area contributed by atoms with Crippen molar-refractivity contribution in [1.82, 2.24) is 10.6 Å². The maximum atomic E-state index is 13.2. The van der Waals surface area contributed by atoms with Crippen molar-refractivity contribution < 1.29 is 19.1 Å². The number of fused-ring (bicyclic) bond motifs is 1. The molecule has 35 heavy (non-hydrogen) atoms. The van der Waals surface area contributed by atoms with Gasteiger partial charge in [-0.1, -0.05) is 52.2 Å². The largest absolute Gasteiger partial charge is 0.392 e. The van der Waals surface area contributed by atoms with Gasteiger partial charge in [-0.25, -0.2) is 4.39 Å². The fourth-order valence-corrected chi connectivity index (χ4v) is 7.31. The van der Waals surface area contributed by atoms with Crippen molar-refractivity contribution in [3.05, 3.63) is 35.6 Å². The monoisotopic (exact) mass is 486 g/mol. The van der Waals surface area contributed by atoms with Gasteiger partial charge in [0, 0.05) is 24.4 Å². The second-order valence-electron chi connectivity index (χ2n) is 11.9. The first-order valence-electron chi connectivity index (χ1n) is 13.7. The zero-order chi connectivity index (χ0) is 25.2. The topological polar surface area (TPSA) is 78.4 Å². The van der Waals surface area contributed by atoms with Crippen LogP contribution in [0.3, 0.4) is 0 Å². The van der Waals surface area contributed by atoms with E-state index in [2.05, 4.69) is 24.5 Å². The van der Waals surface area contributed by atoms with E-state index in [0.717, 1.165) is 56.9 Å². The molecule has 3 saturated carbocycles. The third-order valence-electron chi connectivity index (χ3n) is 9.63. The molecular formula is C29H43FN2O3. The highest BCUT2D eigenvalue weighted by atomic mass is 19.1. The minimum Gasteiger partial charge on any atom is -0.392 e. The number of benzene rings is 1. The molecule has 3 aliphatic carbocycles. The summed E-state index contributed by atoms with van der Waals surface area (Å²) in [7, 11) is 0. The molecule has 3 N–H and O–H groups in total. The SMILES string of the molecule is C[C@@H]1[C@@H]2[C@@H](O)[C@H]([C@H](C)C(=O)NCc3ccc(F)cc3)CC[C@]2(C)CC[C@@H]1NC(=O)C1CCCCC1. The Morgan fingerprint density at radius 3 is 2.43 bits per heavy atom. The summed E-state index contributed by atoms with van der Waals surface area (Å²) in [5.74, 6) is -0.258. The molecule has 5 nitrogen and oxygen atoms in total. The normalized spacial score (nSPS) is 34.5. The van der Waals surface area contributed by atoms with E-state index in [0.29, 0.717) is 6.54 Å². The standard InChI is InChI=1S/C29H43FN2O3/c1-18(27(34)31-17-20-9-11-22(30)12-10-20)23-13-15-29(3)16-14-24(19(2)25(29)26(23)33)32-28(35)21-7-5-4-6-8-21/h9-12,18-19,21,23-26,33H,4-8,13-17H2,1-3H3,(H,31,34)(H,32,35)/t18-,19-,23-,24-,25+,26-,29+/m0/s1. The molecule has 6 heteroatoms. The first-order valence-corrected chi connectivity index (χ1v) is 13.7. The number of halogens is 1. The summed E-state index contributed by atoms with van der Waals surface area (Å²) < 4.78 is 13.2. The van der Waals surface area contributed by atoms with E-state index < -0.39 is 6.10 Å². The Bertz CT molecular complexity index is 884. The summed E-state index contributed by atoms with van der Waals surface area (Å²) in [5, 5.41) is 17.9. The van der Waals surface area contributed by atoms with Crippen molar-refractivity contribution >= 4 is 11.8 Å². The molecular weight excluding hydrogens is 443 g/mol. The van der Waals surface area contributed by atoms with Gasteiger partial charge in [0.25, 0.3) is 0 Å². The highest BCUT2D eigenvalue weighted by Gasteiger charge is 2.54. The van der Waals surface area contributed by atoms with Crippen LogP contribution in [-0.4, -0.2) is 29.1 Å². The van der Waals surface area contributed by atoms with Gasteiger partial charge < -0.3 is 15.7 Å². The Morgan fingerprint density at radius 2 is 1.74 bits per heavy atom. The zero-order valence-electron chi connectivity index (χ0n) is 21.6. The Labute approximate surface area is 209 Å². The molecule has 1 aromatic carbocycles. The molecule has 0 unspecified atom stereocenters. The average Bonchev–Trinajstić information content (AvgIpc) is 2.85. The third-order valence-corrected chi connectivity index (χ3v) is 9.63. The van der Waals surface area contributed by atoms with E-state index in [9.17, 15) is 19.1 Å². The highest BCUT2D eigenvalue weighted by Crippen LogP contribution is 2.55. The zero-order valence-corrected chi connectivity index (χ0v) is 21.6. The second kappa shape index (κ2) is 11.0. The summed E-state index contributed by atoms with van der Waals surface area (Å²) in [4.78, 5) is 25.9. The molecule has 194 valence electrons. The fourth-order valence-electron chi connectivity index (χ4n) is 7.31. The molecule has 0 aliphatic heterocycles. The van der Waals surface area contributed by atoms with E-state index in [4.69, 9.17) is 0 Å². The van der Waals surface area contributed by atoms with Crippen LogP contribution >= 0.6 is 0 Å². The molecule has 0 spiro atoms. The van der Waals surface area contributed by atoms with E-state index in [-0.39, 0.29) is 58.7 Å². The predicted octanol–water partition coefficient (Wildman–Crippen LogP) is 4.97. The van der Waals surface area contributed by atoms with Gasteiger partial charge >= 0.3 is 0 Å². The molecule has 0 radical (unpaired) electrons. The van der Waals surface area contributed by atoms with Gasteiger partial charge in [0.1, 0.15) is 5.82 Å². The lowest BCUT2D eigenvalue weighted by molar-refractivity contribution is -0.144. The van der Waals surface area contributed by atoms with Crippen molar-refractivity contribution in [3.8, 4) is 0 Å². The van der Waals surface area contributed by atoms with Crippen LogP contribution in [0.5, 0.6) is 0 Å². The van der Waals surface area contributed by atoms with Crippen molar-refractivity contribution in [2.75, 3.05) is 0 Å². The molecule has 3 fully saturated rings. The fraction of sp³-hybridized carbons (Fsp3) is 0.724. The Hall–Kier alpha value is -1.95. The molecule has 0 saturated heterocycles. The van der Waals surface area contributed by atoms with Crippen LogP contribution < -0.4 is 10.6 Å². The molecule has 0 heterocycles. The number of carbonyl (C=O) groups excluding carboxylic acids is 2. The lowest BCUT2D eigenvalue weighted by Crippen LogP contribution is -2.59. The van der Waals surface area contributed by atoms with E-state index in [1.165, 1.54) is 18.6 Å². The maximum absolute atomic E-state index is 13.2. The van der Waals surface area contributed by atoms with Crippen molar-refractivity contribution in [1.29, 1.82) is 0 Å². The predicted molar refractivity (Wildman–Crippen MR) is 135 cm³/mol. The molecule has 3 aliphatic rings. The van der Waals surface area contributed by atoms with Gasteiger partial charge in [0.15, 0.2) is 0 Å². The number of amides is 2. The number of nitrogens with one attached hydrogen (secondary N) is 2. The van der Waals surface area contributed by atoms with Crippen LogP contribution in [0, 0.1) is 40.8 Å². The summed E-state index contributed by atoms with van der Waals surface area (Å²) in [5.41, 5.74) is 0.882. The summed E-state index contributed by atoms with van der Waals surface area (Å²) >= 11 is 0. The van der Waals surface area contributed by atoms with E-state index in [1.807, 2.05) is 6.92 Å². The number of hydrogen-bond donors (Lipinski definition) is 3. The van der Waals surface area contributed by atoms with Gasteiger partial charge in [0.05, 0.1) is 6.10 Å². The summed E-state index contributed by atoms with van der Waals surface area (Å²) in [6.45, 7) is 6.72. The minimum atomic E-state index is -0.579. The average molecular weight is 487 g/mol. The lowest BCUT2D eigenvalue weighted by Gasteiger charge is -2.56. The number of aliphatic hydroxyl groups is 1. The van der Waals surface area contributed by atoms with Gasteiger partial charge in [-0.05, 0) is 79.4 Å². The highest BCUT2D eigenvalue weighted by molar-refractivity contribution is 5.79. The molecule has 1 aromatic rings. The van der Waals surface area contributed by atoms with Crippen LogP contribution in [0.4, 0.5) is 4.39 Å². The molecule has 0 aromatic heterocycles. The lowest BCUT2D eigenvalue weighted by atomic mass is 9.51. The van der Waals surface area contributed by atoms with Crippen LogP contribution in [0.1, 0.15) is 84.1 Å². The molecule has 0 bridgehead atoms. The Kier molecular flexibility index (Phi) is 8.19. The number of aliphatic hydroxyl groups excluding tert-OH is 1. The van der Waals surface area contributed by atoms with Crippen molar-refractivity contribution in [2.24, 2.45) is 35.0 Å². The third kappa shape index (κ3) is 5.73. The maximum Gasteiger partial charge on any atom is 0.223 e. The van der Waals surface area contributed by atoms with Crippen molar-refractivity contribution in [2.45, 2.75) is 97.2 Å². The first kappa shape index (κ1) is 26.1. The number of hydrogen-bond acceptors (Lipinski definition) is 3. The molecule has 7 atom stereocenters.